The van der Waals surface area contributed by atoms with E-state index < -0.39 is 10.0 Å². The Morgan fingerprint density at radius 2 is 2.29 bits per heavy atom. The summed E-state index contributed by atoms with van der Waals surface area (Å²) in [5, 5.41) is 9.35. The van der Waals surface area contributed by atoms with Crippen LogP contribution in [-0.4, -0.2) is 23.1 Å². The third-order valence-electron chi connectivity index (χ3n) is 3.59. The van der Waals surface area contributed by atoms with Gasteiger partial charge in [-0.3, -0.25) is 0 Å². The van der Waals surface area contributed by atoms with Gasteiger partial charge in [-0.25, -0.2) is 18.1 Å². The van der Waals surface area contributed by atoms with Crippen molar-refractivity contribution in [1.29, 1.82) is 0 Å². The number of thiazole rings is 1. The van der Waals surface area contributed by atoms with E-state index in [0.29, 0.717) is 11.7 Å². The van der Waals surface area contributed by atoms with Crippen molar-refractivity contribution < 1.29 is 13.5 Å². The Kier molecular flexibility index (Phi) is 3.87. The van der Waals surface area contributed by atoms with Crippen LogP contribution in [0.15, 0.2) is 22.7 Å². The molecule has 1 aliphatic carbocycles. The molecule has 2 aromatic rings. The van der Waals surface area contributed by atoms with Crippen molar-refractivity contribution in [3.05, 3.63) is 34.0 Å². The number of aryl methyl sites for hydroxylation is 1. The fraction of sp³-hybridized carbons (Fsp3) is 0.462. The number of rotatable bonds is 6. The zero-order valence-electron chi connectivity index (χ0n) is 11.6. The van der Waals surface area contributed by atoms with Gasteiger partial charge in [-0.05, 0) is 25.8 Å². The molecule has 0 spiro atoms. The molecule has 0 aliphatic heterocycles. The van der Waals surface area contributed by atoms with E-state index in [1.54, 1.807) is 17.8 Å². The molecule has 114 valence electrons. The van der Waals surface area contributed by atoms with Crippen LogP contribution >= 0.6 is 11.3 Å². The van der Waals surface area contributed by atoms with E-state index in [0.717, 1.165) is 23.4 Å². The topological polar surface area (TPSA) is 84.2 Å². The molecule has 0 amide bonds. The predicted octanol–water partition coefficient (Wildman–Crippen LogP) is 1.56. The number of hydrogen-bond donors (Lipinski definition) is 2. The van der Waals surface area contributed by atoms with Gasteiger partial charge in [0.1, 0.15) is 0 Å². The molecule has 21 heavy (non-hydrogen) atoms. The minimum absolute atomic E-state index is 0.153. The molecule has 2 aromatic heterocycles. The first kappa shape index (κ1) is 14.7. The summed E-state index contributed by atoms with van der Waals surface area (Å²) in [6.07, 6.45) is 3.69. The monoisotopic (exact) mass is 327 g/mol. The van der Waals surface area contributed by atoms with Crippen LogP contribution in [0, 0.1) is 6.92 Å². The van der Waals surface area contributed by atoms with Crippen LogP contribution in [0.3, 0.4) is 0 Å². The highest BCUT2D eigenvalue weighted by Gasteiger charge is 2.28. The first-order valence-electron chi connectivity index (χ1n) is 6.71. The van der Waals surface area contributed by atoms with Gasteiger partial charge in [0.2, 0.25) is 10.0 Å². The van der Waals surface area contributed by atoms with Crippen molar-refractivity contribution in [2.45, 2.75) is 43.9 Å². The molecular formula is C13H17N3O3S2. The first-order valence-corrected chi connectivity index (χ1v) is 9.08. The molecule has 0 radical (unpaired) electrons. The van der Waals surface area contributed by atoms with Crippen LogP contribution in [-0.2, 0) is 23.2 Å². The standard InChI is InChI=1S/C13H17N3O3S2/c1-9-13(20-8-14-9)5-15-21(18,19)12-4-11(7-17)16(6-12)10-2-3-10/h4,6,8,10,15,17H,2-3,5,7H2,1H3. The van der Waals surface area contributed by atoms with Crippen LogP contribution in [0.4, 0.5) is 0 Å². The second-order valence-electron chi connectivity index (χ2n) is 5.15. The average Bonchev–Trinajstić information content (AvgIpc) is 3.06. The third kappa shape index (κ3) is 3.03. The van der Waals surface area contributed by atoms with Crippen molar-refractivity contribution in [3.8, 4) is 0 Å². The Morgan fingerprint density at radius 3 is 2.86 bits per heavy atom. The Balaban J connectivity index is 1.79. The van der Waals surface area contributed by atoms with Gasteiger partial charge >= 0.3 is 0 Å². The van der Waals surface area contributed by atoms with Crippen LogP contribution < -0.4 is 4.72 Å². The number of nitrogens with one attached hydrogen (secondary N) is 1. The zero-order valence-corrected chi connectivity index (χ0v) is 13.2. The fourth-order valence-electron chi connectivity index (χ4n) is 2.20. The Morgan fingerprint density at radius 1 is 1.52 bits per heavy atom. The molecule has 0 unspecified atom stereocenters. The van der Waals surface area contributed by atoms with E-state index in [-0.39, 0.29) is 18.0 Å². The molecule has 1 aliphatic rings. The summed E-state index contributed by atoms with van der Waals surface area (Å²) in [4.78, 5) is 5.21. The smallest absolute Gasteiger partial charge is 0.242 e. The molecule has 2 heterocycles. The van der Waals surface area contributed by atoms with Gasteiger partial charge in [-0.1, -0.05) is 0 Å². The lowest BCUT2D eigenvalue weighted by Crippen LogP contribution is -2.22. The van der Waals surface area contributed by atoms with E-state index in [1.165, 1.54) is 11.3 Å². The largest absolute Gasteiger partial charge is 0.390 e. The summed E-state index contributed by atoms with van der Waals surface area (Å²) < 4.78 is 29.1. The SMILES string of the molecule is Cc1ncsc1CNS(=O)(=O)c1cc(CO)n(C2CC2)c1. The summed E-state index contributed by atoms with van der Waals surface area (Å²) in [5.41, 5.74) is 3.19. The van der Waals surface area contributed by atoms with Crippen molar-refractivity contribution in [2.75, 3.05) is 0 Å². The Hall–Kier alpha value is -1.22. The lowest BCUT2D eigenvalue weighted by Gasteiger charge is -2.04. The van der Waals surface area contributed by atoms with Crippen molar-refractivity contribution in [2.24, 2.45) is 0 Å². The zero-order chi connectivity index (χ0) is 15.0. The summed E-state index contributed by atoms with van der Waals surface area (Å²) in [7, 11) is -3.57. The Labute approximate surface area is 127 Å². The van der Waals surface area contributed by atoms with E-state index in [2.05, 4.69) is 9.71 Å². The van der Waals surface area contributed by atoms with Gasteiger partial charge < -0.3 is 9.67 Å². The van der Waals surface area contributed by atoms with Crippen molar-refractivity contribution in [1.82, 2.24) is 14.3 Å². The van der Waals surface area contributed by atoms with Gasteiger partial charge in [0.15, 0.2) is 0 Å². The minimum Gasteiger partial charge on any atom is -0.390 e. The Bertz CT molecular complexity index is 745. The van der Waals surface area contributed by atoms with E-state index in [9.17, 15) is 13.5 Å². The lowest BCUT2D eigenvalue weighted by molar-refractivity contribution is 0.270. The van der Waals surface area contributed by atoms with E-state index in [4.69, 9.17) is 0 Å². The van der Waals surface area contributed by atoms with Gasteiger partial charge in [-0.15, -0.1) is 11.3 Å². The number of nitrogens with zero attached hydrogens (tertiary/aromatic N) is 2. The lowest BCUT2D eigenvalue weighted by atomic mass is 10.4. The second kappa shape index (κ2) is 5.53. The molecule has 0 atom stereocenters. The number of aliphatic hydroxyl groups is 1. The van der Waals surface area contributed by atoms with Crippen molar-refractivity contribution >= 4 is 21.4 Å². The maximum Gasteiger partial charge on any atom is 0.242 e. The highest BCUT2D eigenvalue weighted by atomic mass is 32.2. The van der Waals surface area contributed by atoms with Crippen LogP contribution in [0.1, 0.15) is 35.1 Å². The molecule has 3 rings (SSSR count). The third-order valence-corrected chi connectivity index (χ3v) is 5.89. The molecule has 1 saturated carbocycles. The van der Waals surface area contributed by atoms with E-state index in [1.807, 2.05) is 11.5 Å². The molecular weight excluding hydrogens is 310 g/mol. The van der Waals surface area contributed by atoms with Crippen LogP contribution in [0.25, 0.3) is 0 Å². The first-order chi connectivity index (χ1) is 10.0. The van der Waals surface area contributed by atoms with E-state index >= 15 is 0 Å². The number of aliphatic hydroxyl groups excluding tert-OH is 1. The molecule has 0 aromatic carbocycles. The van der Waals surface area contributed by atoms with Crippen LogP contribution in [0.2, 0.25) is 0 Å². The van der Waals surface area contributed by atoms with Crippen LogP contribution in [0.5, 0.6) is 0 Å². The molecule has 6 nitrogen and oxygen atoms in total. The van der Waals surface area contributed by atoms with Gasteiger partial charge in [-0.2, -0.15) is 0 Å². The quantitative estimate of drug-likeness (QED) is 0.843. The maximum atomic E-state index is 12.3. The molecule has 0 saturated heterocycles. The normalized spacial score (nSPS) is 15.5. The highest BCUT2D eigenvalue weighted by molar-refractivity contribution is 7.89. The van der Waals surface area contributed by atoms with Crippen molar-refractivity contribution in [3.63, 3.8) is 0 Å². The summed E-state index contributed by atoms with van der Waals surface area (Å²) >= 11 is 1.43. The molecule has 0 bridgehead atoms. The summed E-state index contributed by atoms with van der Waals surface area (Å²) in [5.74, 6) is 0. The maximum absolute atomic E-state index is 12.3. The number of hydrogen-bond acceptors (Lipinski definition) is 5. The second-order valence-corrected chi connectivity index (χ2v) is 7.86. The summed E-state index contributed by atoms with van der Waals surface area (Å²) in [6.45, 7) is 1.94. The highest BCUT2D eigenvalue weighted by Crippen LogP contribution is 2.37. The number of aromatic nitrogens is 2. The van der Waals surface area contributed by atoms with Gasteiger partial charge in [0.05, 0.1) is 22.7 Å². The summed E-state index contributed by atoms with van der Waals surface area (Å²) in [6, 6.07) is 1.88. The molecule has 2 N–H and O–H groups in total. The molecule has 1 fully saturated rings. The minimum atomic E-state index is -3.57. The van der Waals surface area contributed by atoms with Gasteiger partial charge in [0.25, 0.3) is 0 Å². The predicted molar refractivity (Wildman–Crippen MR) is 79.5 cm³/mol. The van der Waals surface area contributed by atoms with Gasteiger partial charge in [0, 0.05) is 29.4 Å². The fourth-order valence-corrected chi connectivity index (χ4v) is 4.06. The molecule has 8 heteroatoms. The average molecular weight is 327 g/mol. The number of sulfonamides is 1.